The second kappa shape index (κ2) is 6.83. The fourth-order valence-electron chi connectivity index (χ4n) is 2.40. The predicted octanol–water partition coefficient (Wildman–Crippen LogP) is 4.39. The van der Waals surface area contributed by atoms with Crippen LogP contribution in [0.25, 0.3) is 0 Å². The van der Waals surface area contributed by atoms with E-state index in [1.165, 1.54) is 0 Å². The van der Waals surface area contributed by atoms with Crippen molar-refractivity contribution in [3.63, 3.8) is 0 Å². The molecule has 102 valence electrons. The van der Waals surface area contributed by atoms with Crippen molar-refractivity contribution in [2.45, 2.75) is 50.6 Å². The molecule has 1 rings (SSSR count). The number of ether oxygens (including phenoxy) is 1. The lowest BCUT2D eigenvalue weighted by atomic mass is 9.80. The number of hydrogen-bond acceptors (Lipinski definition) is 1. The summed E-state index contributed by atoms with van der Waals surface area (Å²) in [6, 6.07) is 0. The molecule has 0 radical (unpaired) electrons. The number of halogens is 4. The van der Waals surface area contributed by atoms with Gasteiger partial charge in [0.05, 0.1) is 0 Å². The van der Waals surface area contributed by atoms with Gasteiger partial charge in [-0.15, -0.1) is 11.6 Å². The van der Waals surface area contributed by atoms with Crippen molar-refractivity contribution >= 4 is 11.6 Å². The van der Waals surface area contributed by atoms with Crippen molar-refractivity contribution in [1.29, 1.82) is 0 Å². The standard InChI is InChI=1S/C12H20ClF3O/c1-9-4-5-11(13)10(7-9)3-2-6-17-8-12(14,15)16/h9-11H,2-8H2,1H3. The Balaban J connectivity index is 2.09. The molecule has 0 saturated heterocycles. The zero-order chi connectivity index (χ0) is 12.9. The molecule has 1 aliphatic carbocycles. The third kappa shape index (κ3) is 6.51. The van der Waals surface area contributed by atoms with Gasteiger partial charge in [0, 0.05) is 12.0 Å². The van der Waals surface area contributed by atoms with E-state index in [2.05, 4.69) is 11.7 Å². The van der Waals surface area contributed by atoms with Crippen LogP contribution in [0.3, 0.4) is 0 Å². The van der Waals surface area contributed by atoms with Crippen LogP contribution < -0.4 is 0 Å². The summed E-state index contributed by atoms with van der Waals surface area (Å²) in [4.78, 5) is 0. The van der Waals surface area contributed by atoms with Crippen molar-refractivity contribution in [2.75, 3.05) is 13.2 Å². The SMILES string of the molecule is CC1CCC(Cl)C(CCCOCC(F)(F)F)C1. The van der Waals surface area contributed by atoms with Crippen LogP contribution in [0.2, 0.25) is 0 Å². The van der Waals surface area contributed by atoms with E-state index in [0.29, 0.717) is 18.3 Å². The molecule has 17 heavy (non-hydrogen) atoms. The van der Waals surface area contributed by atoms with Gasteiger partial charge in [-0.1, -0.05) is 6.92 Å². The van der Waals surface area contributed by atoms with E-state index in [-0.39, 0.29) is 12.0 Å². The lowest BCUT2D eigenvalue weighted by Gasteiger charge is -2.31. The Morgan fingerprint density at radius 3 is 2.65 bits per heavy atom. The van der Waals surface area contributed by atoms with Crippen molar-refractivity contribution in [3.8, 4) is 0 Å². The van der Waals surface area contributed by atoms with E-state index in [4.69, 9.17) is 11.6 Å². The molecule has 5 heteroatoms. The molecule has 0 aromatic rings. The smallest absolute Gasteiger partial charge is 0.372 e. The van der Waals surface area contributed by atoms with Crippen LogP contribution in [-0.4, -0.2) is 24.8 Å². The second-order valence-corrected chi connectivity index (χ2v) is 5.56. The van der Waals surface area contributed by atoms with Crippen LogP contribution >= 0.6 is 11.6 Å². The quantitative estimate of drug-likeness (QED) is 0.533. The first-order chi connectivity index (χ1) is 7.88. The van der Waals surface area contributed by atoms with E-state index in [0.717, 1.165) is 25.7 Å². The van der Waals surface area contributed by atoms with Gasteiger partial charge in [-0.05, 0) is 43.9 Å². The summed E-state index contributed by atoms with van der Waals surface area (Å²) in [5.74, 6) is 1.13. The molecule has 0 N–H and O–H groups in total. The molecule has 1 nitrogen and oxygen atoms in total. The maximum Gasteiger partial charge on any atom is 0.411 e. The maximum atomic E-state index is 11.8. The molecule has 3 atom stereocenters. The Bertz CT molecular complexity index is 220. The molecule has 0 amide bonds. The molecule has 0 bridgehead atoms. The van der Waals surface area contributed by atoms with Gasteiger partial charge < -0.3 is 4.74 Å². The van der Waals surface area contributed by atoms with Gasteiger partial charge in [0.2, 0.25) is 0 Å². The molecule has 0 spiro atoms. The van der Waals surface area contributed by atoms with E-state index in [9.17, 15) is 13.2 Å². The average molecular weight is 273 g/mol. The fraction of sp³-hybridized carbons (Fsp3) is 1.00. The summed E-state index contributed by atoms with van der Waals surface area (Å²) in [5.41, 5.74) is 0. The minimum absolute atomic E-state index is 0.175. The van der Waals surface area contributed by atoms with Gasteiger partial charge in [0.25, 0.3) is 0 Å². The van der Waals surface area contributed by atoms with E-state index in [1.807, 2.05) is 0 Å². The lowest BCUT2D eigenvalue weighted by Crippen LogP contribution is -2.24. The van der Waals surface area contributed by atoms with Crippen LogP contribution in [0.4, 0.5) is 13.2 Å². The third-order valence-corrected chi connectivity index (χ3v) is 3.86. The van der Waals surface area contributed by atoms with Gasteiger partial charge in [0.15, 0.2) is 0 Å². The van der Waals surface area contributed by atoms with Crippen molar-refractivity contribution in [3.05, 3.63) is 0 Å². The topological polar surface area (TPSA) is 9.23 Å². The van der Waals surface area contributed by atoms with Crippen LogP contribution in [-0.2, 0) is 4.74 Å². The number of rotatable bonds is 5. The van der Waals surface area contributed by atoms with Gasteiger partial charge in [-0.2, -0.15) is 13.2 Å². The average Bonchev–Trinajstić information content (AvgIpc) is 2.21. The minimum atomic E-state index is -4.21. The molecular formula is C12H20ClF3O. The largest absolute Gasteiger partial charge is 0.411 e. The maximum absolute atomic E-state index is 11.8. The van der Waals surface area contributed by atoms with Crippen molar-refractivity contribution < 1.29 is 17.9 Å². The summed E-state index contributed by atoms with van der Waals surface area (Å²) in [5, 5.41) is 0.189. The highest BCUT2D eigenvalue weighted by molar-refractivity contribution is 6.20. The zero-order valence-electron chi connectivity index (χ0n) is 10.1. The molecule has 0 aliphatic heterocycles. The van der Waals surface area contributed by atoms with E-state index in [1.54, 1.807) is 0 Å². The first-order valence-electron chi connectivity index (χ1n) is 6.17. The van der Waals surface area contributed by atoms with Gasteiger partial charge in [-0.25, -0.2) is 0 Å². The van der Waals surface area contributed by atoms with Crippen LogP contribution in [0.15, 0.2) is 0 Å². The van der Waals surface area contributed by atoms with Gasteiger partial charge in [-0.3, -0.25) is 0 Å². The van der Waals surface area contributed by atoms with E-state index < -0.39 is 12.8 Å². The zero-order valence-corrected chi connectivity index (χ0v) is 10.9. The molecule has 1 saturated carbocycles. The Labute approximate surface area is 106 Å². The highest BCUT2D eigenvalue weighted by Gasteiger charge is 2.28. The first-order valence-corrected chi connectivity index (χ1v) is 6.60. The Morgan fingerprint density at radius 2 is 2.00 bits per heavy atom. The minimum Gasteiger partial charge on any atom is -0.372 e. The summed E-state index contributed by atoms with van der Waals surface area (Å²) < 4.78 is 40.0. The molecule has 1 fully saturated rings. The number of alkyl halides is 4. The monoisotopic (exact) mass is 272 g/mol. The number of hydrogen-bond donors (Lipinski definition) is 0. The van der Waals surface area contributed by atoms with Crippen LogP contribution in [0, 0.1) is 11.8 Å². The van der Waals surface area contributed by atoms with Crippen LogP contribution in [0.5, 0.6) is 0 Å². The highest BCUT2D eigenvalue weighted by atomic mass is 35.5. The summed E-state index contributed by atoms with van der Waals surface area (Å²) >= 11 is 6.21. The fourth-order valence-corrected chi connectivity index (χ4v) is 2.75. The summed E-state index contributed by atoms with van der Waals surface area (Å²) in [6.45, 7) is 1.24. The van der Waals surface area contributed by atoms with E-state index >= 15 is 0 Å². The van der Waals surface area contributed by atoms with Crippen molar-refractivity contribution in [2.24, 2.45) is 11.8 Å². The molecular weight excluding hydrogens is 253 g/mol. The molecule has 0 heterocycles. The molecule has 1 aliphatic rings. The Kier molecular flexibility index (Phi) is 6.07. The molecule has 0 aromatic heterocycles. The molecule has 0 aromatic carbocycles. The highest BCUT2D eigenvalue weighted by Crippen LogP contribution is 2.35. The summed E-state index contributed by atoms with van der Waals surface area (Å²) in [6.07, 6.45) is 0.598. The molecule has 3 unspecified atom stereocenters. The Morgan fingerprint density at radius 1 is 1.29 bits per heavy atom. The van der Waals surface area contributed by atoms with Crippen molar-refractivity contribution in [1.82, 2.24) is 0 Å². The Hall–Kier alpha value is 0.0400. The third-order valence-electron chi connectivity index (χ3n) is 3.28. The first kappa shape index (κ1) is 15.1. The normalized spacial score (nSPS) is 30.5. The van der Waals surface area contributed by atoms with Crippen LogP contribution in [0.1, 0.15) is 39.0 Å². The lowest BCUT2D eigenvalue weighted by molar-refractivity contribution is -0.174. The van der Waals surface area contributed by atoms with Gasteiger partial charge >= 0.3 is 6.18 Å². The predicted molar refractivity (Wildman–Crippen MR) is 62.3 cm³/mol. The summed E-state index contributed by atoms with van der Waals surface area (Å²) in [7, 11) is 0. The van der Waals surface area contributed by atoms with Gasteiger partial charge in [0.1, 0.15) is 6.61 Å². The second-order valence-electron chi connectivity index (χ2n) is 5.00.